The lowest BCUT2D eigenvalue weighted by Gasteiger charge is -2.29. The maximum absolute atomic E-state index is 13.5. The monoisotopic (exact) mass is 528 g/mol. The zero-order valence-corrected chi connectivity index (χ0v) is 23.9. The smallest absolute Gasteiger partial charge is 0.270 e. The van der Waals surface area contributed by atoms with Crippen LogP contribution in [0.2, 0.25) is 0 Å². The van der Waals surface area contributed by atoms with Crippen LogP contribution in [0.1, 0.15) is 95.2 Å². The highest BCUT2D eigenvalue weighted by atomic mass is 32.2. The average Bonchev–Trinajstić information content (AvgIpc) is 3.04. The summed E-state index contributed by atoms with van der Waals surface area (Å²) in [6, 6.07) is 2.14. The molecule has 3 rings (SSSR count). The first-order valence-corrected chi connectivity index (χ1v) is 14.8. The van der Waals surface area contributed by atoms with E-state index >= 15 is 0 Å². The van der Waals surface area contributed by atoms with Crippen molar-refractivity contribution in [1.29, 1.82) is 5.26 Å². The van der Waals surface area contributed by atoms with Crippen molar-refractivity contribution in [1.82, 2.24) is 9.47 Å². The maximum atomic E-state index is 13.5. The van der Waals surface area contributed by atoms with E-state index in [4.69, 9.17) is 12.2 Å². The Bertz CT molecular complexity index is 1090. The summed E-state index contributed by atoms with van der Waals surface area (Å²) in [4.78, 5) is 31.5. The van der Waals surface area contributed by atoms with Gasteiger partial charge in [0.25, 0.3) is 11.5 Å². The van der Waals surface area contributed by atoms with E-state index in [2.05, 4.69) is 24.8 Å². The van der Waals surface area contributed by atoms with Crippen molar-refractivity contribution < 1.29 is 4.79 Å². The van der Waals surface area contributed by atoms with Gasteiger partial charge in [-0.2, -0.15) is 5.26 Å². The highest BCUT2D eigenvalue weighted by molar-refractivity contribution is 8.26. The molecule has 6 nitrogen and oxygen atoms in total. The second-order valence-electron chi connectivity index (χ2n) is 9.92. The first-order valence-electron chi connectivity index (χ1n) is 13.6. The number of unbranched alkanes of at least 4 members (excludes halogenated alkanes) is 1. The molecule has 0 aromatic carbocycles. The number of nitriles is 1. The van der Waals surface area contributed by atoms with Gasteiger partial charge in [0.05, 0.1) is 4.91 Å². The van der Waals surface area contributed by atoms with E-state index in [0.717, 1.165) is 69.4 Å². The predicted octanol–water partition coefficient (Wildman–Crippen LogP) is 6.24. The molecule has 2 aliphatic rings. The van der Waals surface area contributed by atoms with Crippen LogP contribution < -0.4 is 10.5 Å². The van der Waals surface area contributed by atoms with Gasteiger partial charge in [-0.15, -0.1) is 0 Å². The van der Waals surface area contributed by atoms with Crippen LogP contribution in [0.5, 0.6) is 0 Å². The molecule has 0 bridgehead atoms. The van der Waals surface area contributed by atoms with Crippen LogP contribution >= 0.6 is 24.0 Å². The molecule has 36 heavy (non-hydrogen) atoms. The van der Waals surface area contributed by atoms with E-state index in [0.29, 0.717) is 33.8 Å². The third-order valence-electron chi connectivity index (χ3n) is 7.33. The van der Waals surface area contributed by atoms with E-state index in [9.17, 15) is 14.9 Å². The topological polar surface area (TPSA) is 69.3 Å². The molecule has 1 amide bonds. The summed E-state index contributed by atoms with van der Waals surface area (Å²) >= 11 is 6.98. The summed E-state index contributed by atoms with van der Waals surface area (Å²) in [5, 5.41) is 9.86. The molecule has 0 saturated carbocycles. The van der Waals surface area contributed by atoms with Crippen LogP contribution in [-0.2, 0) is 11.3 Å². The van der Waals surface area contributed by atoms with E-state index in [1.54, 1.807) is 9.47 Å². The number of carbonyl (C=O) groups excluding carboxylic acids is 1. The summed E-state index contributed by atoms with van der Waals surface area (Å²) in [6.45, 7) is 11.2. The minimum Gasteiger partial charge on any atom is -0.357 e. The van der Waals surface area contributed by atoms with Gasteiger partial charge in [0, 0.05) is 31.7 Å². The molecule has 0 spiro atoms. The van der Waals surface area contributed by atoms with Crippen molar-refractivity contribution in [3.63, 3.8) is 0 Å². The highest BCUT2D eigenvalue weighted by Gasteiger charge is 2.34. The first-order chi connectivity index (χ1) is 17.4. The second-order valence-corrected chi connectivity index (χ2v) is 11.6. The summed E-state index contributed by atoms with van der Waals surface area (Å²) < 4.78 is 2.36. The molecule has 1 aromatic rings. The summed E-state index contributed by atoms with van der Waals surface area (Å²) in [7, 11) is 0. The number of amides is 1. The Morgan fingerprint density at radius 1 is 1.11 bits per heavy atom. The maximum Gasteiger partial charge on any atom is 0.270 e. The van der Waals surface area contributed by atoms with Gasteiger partial charge >= 0.3 is 0 Å². The number of pyridine rings is 1. The third-order valence-corrected chi connectivity index (χ3v) is 8.71. The van der Waals surface area contributed by atoms with Crippen molar-refractivity contribution in [2.45, 2.75) is 92.0 Å². The van der Waals surface area contributed by atoms with Gasteiger partial charge in [-0.1, -0.05) is 76.9 Å². The van der Waals surface area contributed by atoms with Gasteiger partial charge < -0.3 is 4.90 Å². The van der Waals surface area contributed by atoms with E-state index in [1.165, 1.54) is 24.6 Å². The lowest BCUT2D eigenvalue weighted by molar-refractivity contribution is -0.122. The molecule has 0 aliphatic carbocycles. The predicted molar refractivity (Wildman–Crippen MR) is 154 cm³/mol. The molecule has 1 atom stereocenters. The van der Waals surface area contributed by atoms with E-state index < -0.39 is 0 Å². The van der Waals surface area contributed by atoms with E-state index in [-0.39, 0.29) is 17.0 Å². The summed E-state index contributed by atoms with van der Waals surface area (Å²) in [6.07, 6.45) is 11.6. The molecule has 0 radical (unpaired) electrons. The third kappa shape index (κ3) is 6.23. The van der Waals surface area contributed by atoms with Crippen LogP contribution in [0, 0.1) is 24.2 Å². The fourth-order valence-electron chi connectivity index (χ4n) is 5.16. The fourth-order valence-corrected chi connectivity index (χ4v) is 6.42. The normalized spacial score (nSPS) is 18.6. The SMILES string of the molecule is CCCCC(CC)CN1C(=O)/C(=C/c2c(C)c(C#N)c(=O)n(CCC)c2N2CCCCCC2)SC1=S. The van der Waals surface area contributed by atoms with Crippen LogP contribution in [0.15, 0.2) is 9.70 Å². The summed E-state index contributed by atoms with van der Waals surface area (Å²) in [5.74, 6) is 1.21. The van der Waals surface area contributed by atoms with Crippen molar-refractivity contribution in [2.75, 3.05) is 24.5 Å². The molecule has 0 N–H and O–H groups in total. The van der Waals surface area contributed by atoms with Crippen molar-refractivity contribution in [3.05, 3.63) is 31.9 Å². The van der Waals surface area contributed by atoms with Crippen LogP contribution in [-0.4, -0.2) is 39.3 Å². The molecule has 1 unspecified atom stereocenters. The quantitative estimate of drug-likeness (QED) is 0.265. The molecular formula is C28H40N4O2S2. The molecule has 8 heteroatoms. The Hall–Kier alpha value is -2.11. The van der Waals surface area contributed by atoms with Gasteiger partial charge in [0.2, 0.25) is 0 Å². The number of thioether (sulfide) groups is 1. The first kappa shape index (κ1) is 28.5. The molecule has 2 aliphatic heterocycles. The number of rotatable bonds is 10. The number of hydrogen-bond donors (Lipinski definition) is 0. The zero-order chi connectivity index (χ0) is 26.2. The largest absolute Gasteiger partial charge is 0.357 e. The second kappa shape index (κ2) is 13.4. The lowest BCUT2D eigenvalue weighted by atomic mass is 9.99. The Labute approximate surface area is 225 Å². The molecule has 3 heterocycles. The van der Waals surface area contributed by atoms with Crippen molar-refractivity contribution in [3.8, 4) is 6.07 Å². The van der Waals surface area contributed by atoms with Crippen LogP contribution in [0.4, 0.5) is 5.82 Å². The Balaban J connectivity index is 2.10. The Kier molecular flexibility index (Phi) is 10.6. The number of thiocarbonyl (C=S) groups is 1. The molecule has 1 aromatic heterocycles. The van der Waals surface area contributed by atoms with Crippen LogP contribution in [0.25, 0.3) is 6.08 Å². The number of aromatic nitrogens is 1. The molecule has 2 fully saturated rings. The van der Waals surface area contributed by atoms with Gasteiger partial charge in [-0.3, -0.25) is 19.1 Å². The standard InChI is InChI=1S/C28H40N4O2S2/c1-5-8-13-21(7-3)19-32-27(34)24(36-28(32)35)17-22-20(4)23(18-29)26(33)31(14-6-2)25(22)30-15-11-9-10-12-16-30/h17,21H,5-16,19H2,1-4H3/b24-17-. The number of anilines is 1. The van der Waals surface area contributed by atoms with Gasteiger partial charge in [-0.05, 0) is 50.2 Å². The molecule has 2 saturated heterocycles. The number of hydrogen-bond acceptors (Lipinski definition) is 6. The number of nitrogens with zero attached hydrogens (tertiary/aromatic N) is 4. The average molecular weight is 529 g/mol. The van der Waals surface area contributed by atoms with Gasteiger partial charge in [-0.25, -0.2) is 0 Å². The number of carbonyl (C=O) groups is 1. The Morgan fingerprint density at radius 2 is 1.81 bits per heavy atom. The van der Waals surface area contributed by atoms with E-state index in [1.807, 2.05) is 19.9 Å². The molecular weight excluding hydrogens is 488 g/mol. The highest BCUT2D eigenvalue weighted by Crippen LogP contribution is 2.37. The van der Waals surface area contributed by atoms with Gasteiger partial charge in [0.1, 0.15) is 21.8 Å². The lowest BCUT2D eigenvalue weighted by Crippen LogP contribution is -2.35. The van der Waals surface area contributed by atoms with Crippen molar-refractivity contribution in [2.24, 2.45) is 5.92 Å². The van der Waals surface area contributed by atoms with Crippen molar-refractivity contribution >= 4 is 46.1 Å². The summed E-state index contributed by atoms with van der Waals surface area (Å²) in [5.41, 5.74) is 1.38. The minimum atomic E-state index is -0.234. The molecule has 196 valence electrons. The fraction of sp³-hybridized carbons (Fsp3) is 0.643. The Morgan fingerprint density at radius 3 is 2.39 bits per heavy atom. The zero-order valence-electron chi connectivity index (χ0n) is 22.3. The van der Waals surface area contributed by atoms with Crippen LogP contribution in [0.3, 0.4) is 0 Å². The van der Waals surface area contributed by atoms with Gasteiger partial charge in [0.15, 0.2) is 0 Å². The minimum absolute atomic E-state index is 0.0621.